The maximum absolute atomic E-state index is 14.2. The van der Waals surface area contributed by atoms with Crippen LogP contribution in [-0.4, -0.2) is 28.5 Å². The number of hydrogen-bond donors (Lipinski definition) is 1. The fourth-order valence-corrected chi connectivity index (χ4v) is 3.90. The van der Waals surface area contributed by atoms with Crippen molar-refractivity contribution in [3.63, 3.8) is 0 Å². The van der Waals surface area contributed by atoms with Gasteiger partial charge in [-0.2, -0.15) is 0 Å². The standard InChI is InChI=1S/C22H18FN3O3S/c1-29-20(27)11-16-13-30-22(24-16)25-21(28)19-10-14-6-3-5-9-18(14)26(19)12-15-7-2-4-8-17(15)23/h2-10,13H,11-12H2,1H3,(H,24,25,28). The van der Waals surface area contributed by atoms with E-state index >= 15 is 0 Å². The van der Waals surface area contributed by atoms with Crippen LogP contribution in [0.4, 0.5) is 9.52 Å². The third-order valence-electron chi connectivity index (χ3n) is 4.65. The molecule has 0 aliphatic carbocycles. The lowest BCUT2D eigenvalue weighted by Gasteiger charge is -2.11. The van der Waals surface area contributed by atoms with Gasteiger partial charge in [0, 0.05) is 21.8 Å². The van der Waals surface area contributed by atoms with Crippen LogP contribution in [0.2, 0.25) is 0 Å². The molecular formula is C22H18FN3O3S. The first-order valence-electron chi connectivity index (χ1n) is 9.19. The molecule has 8 heteroatoms. The number of benzene rings is 2. The zero-order valence-electron chi connectivity index (χ0n) is 16.1. The first kappa shape index (κ1) is 19.8. The van der Waals surface area contributed by atoms with Gasteiger partial charge in [-0.05, 0) is 18.2 Å². The largest absolute Gasteiger partial charge is 0.469 e. The molecule has 0 aliphatic heterocycles. The summed E-state index contributed by atoms with van der Waals surface area (Å²) in [6.45, 7) is 0.217. The molecule has 0 saturated heterocycles. The van der Waals surface area contributed by atoms with Gasteiger partial charge in [0.1, 0.15) is 11.5 Å². The minimum atomic E-state index is -0.400. The van der Waals surface area contributed by atoms with Crippen LogP contribution in [0.1, 0.15) is 21.7 Å². The number of amides is 1. The average molecular weight is 423 g/mol. The minimum Gasteiger partial charge on any atom is -0.469 e. The second kappa shape index (κ2) is 8.46. The Kier molecular flexibility index (Phi) is 5.58. The van der Waals surface area contributed by atoms with Crippen molar-refractivity contribution >= 4 is 39.2 Å². The number of thiazole rings is 1. The van der Waals surface area contributed by atoms with Gasteiger partial charge >= 0.3 is 5.97 Å². The first-order valence-corrected chi connectivity index (χ1v) is 10.1. The zero-order valence-corrected chi connectivity index (χ0v) is 16.9. The van der Waals surface area contributed by atoms with Gasteiger partial charge in [0.2, 0.25) is 0 Å². The van der Waals surface area contributed by atoms with E-state index in [1.165, 1.54) is 24.5 Å². The van der Waals surface area contributed by atoms with Gasteiger partial charge in [0.25, 0.3) is 5.91 Å². The molecule has 2 aromatic heterocycles. The number of carbonyl (C=O) groups is 2. The van der Waals surface area contributed by atoms with E-state index in [4.69, 9.17) is 0 Å². The monoisotopic (exact) mass is 423 g/mol. The lowest BCUT2D eigenvalue weighted by atomic mass is 10.2. The molecule has 0 atom stereocenters. The third-order valence-corrected chi connectivity index (χ3v) is 5.46. The minimum absolute atomic E-state index is 0.0381. The highest BCUT2D eigenvalue weighted by atomic mass is 32.1. The number of para-hydroxylation sites is 1. The molecule has 0 bridgehead atoms. The SMILES string of the molecule is COC(=O)Cc1csc(NC(=O)c2cc3ccccc3n2Cc2ccccc2F)n1. The molecule has 30 heavy (non-hydrogen) atoms. The Labute approximate surface area is 175 Å². The summed E-state index contributed by atoms with van der Waals surface area (Å²) in [6, 6.07) is 15.8. The van der Waals surface area contributed by atoms with E-state index in [0.717, 1.165) is 10.9 Å². The van der Waals surface area contributed by atoms with E-state index in [1.807, 2.05) is 24.3 Å². The number of fused-ring (bicyclic) bond motifs is 1. The number of esters is 1. The summed E-state index contributed by atoms with van der Waals surface area (Å²) < 4.78 is 20.7. The summed E-state index contributed by atoms with van der Waals surface area (Å²) in [5.74, 6) is -1.08. The Hall–Kier alpha value is -3.52. The van der Waals surface area contributed by atoms with Crippen LogP contribution in [0.25, 0.3) is 10.9 Å². The third kappa shape index (κ3) is 4.08. The molecular weight excluding hydrogens is 405 g/mol. The Balaban J connectivity index is 1.64. The predicted octanol–water partition coefficient (Wildman–Crippen LogP) is 4.25. The normalized spacial score (nSPS) is 10.9. The van der Waals surface area contributed by atoms with Crippen molar-refractivity contribution in [3.05, 3.63) is 82.7 Å². The Morgan fingerprint density at radius 2 is 1.93 bits per heavy atom. The number of anilines is 1. The second-order valence-electron chi connectivity index (χ2n) is 6.62. The number of methoxy groups -OCH3 is 1. The van der Waals surface area contributed by atoms with Crippen LogP contribution in [0.5, 0.6) is 0 Å². The van der Waals surface area contributed by atoms with Crippen molar-refractivity contribution < 1.29 is 18.7 Å². The van der Waals surface area contributed by atoms with Crippen LogP contribution in [-0.2, 0) is 22.5 Å². The molecule has 0 saturated carbocycles. The molecule has 0 spiro atoms. The molecule has 0 fully saturated rings. The second-order valence-corrected chi connectivity index (χ2v) is 7.48. The Morgan fingerprint density at radius 3 is 2.73 bits per heavy atom. The summed E-state index contributed by atoms with van der Waals surface area (Å²) >= 11 is 1.22. The number of ether oxygens (including phenoxy) is 1. The summed E-state index contributed by atoms with van der Waals surface area (Å²) in [6.07, 6.45) is 0.0381. The van der Waals surface area contributed by atoms with E-state index in [1.54, 1.807) is 34.2 Å². The summed E-state index contributed by atoms with van der Waals surface area (Å²) in [4.78, 5) is 28.7. The first-order chi connectivity index (χ1) is 14.5. The number of rotatable bonds is 6. The van der Waals surface area contributed by atoms with Gasteiger partial charge in [-0.3, -0.25) is 14.9 Å². The van der Waals surface area contributed by atoms with Crippen molar-refractivity contribution in [2.45, 2.75) is 13.0 Å². The smallest absolute Gasteiger partial charge is 0.311 e. The number of halogens is 1. The quantitative estimate of drug-likeness (QED) is 0.471. The van der Waals surface area contributed by atoms with Crippen LogP contribution in [0.3, 0.4) is 0 Å². The molecule has 0 aliphatic rings. The summed E-state index contributed by atoms with van der Waals surface area (Å²) in [5.41, 5.74) is 2.23. The molecule has 2 aromatic carbocycles. The average Bonchev–Trinajstić information content (AvgIpc) is 3.34. The highest BCUT2D eigenvalue weighted by Crippen LogP contribution is 2.24. The van der Waals surface area contributed by atoms with Crippen molar-refractivity contribution in [3.8, 4) is 0 Å². The van der Waals surface area contributed by atoms with Crippen LogP contribution >= 0.6 is 11.3 Å². The van der Waals surface area contributed by atoms with E-state index in [2.05, 4.69) is 15.0 Å². The van der Waals surface area contributed by atoms with Gasteiger partial charge in [-0.1, -0.05) is 36.4 Å². The van der Waals surface area contributed by atoms with E-state index in [-0.39, 0.29) is 24.7 Å². The maximum atomic E-state index is 14.2. The zero-order chi connectivity index (χ0) is 21.1. The molecule has 1 amide bonds. The number of aromatic nitrogens is 2. The van der Waals surface area contributed by atoms with E-state index in [9.17, 15) is 14.0 Å². The molecule has 152 valence electrons. The number of nitrogens with zero attached hydrogens (tertiary/aromatic N) is 2. The number of carbonyl (C=O) groups excluding carboxylic acids is 2. The van der Waals surface area contributed by atoms with Crippen LogP contribution in [0, 0.1) is 5.82 Å². The van der Waals surface area contributed by atoms with Gasteiger partial charge in [0.15, 0.2) is 5.13 Å². The van der Waals surface area contributed by atoms with Crippen molar-refractivity contribution in [1.82, 2.24) is 9.55 Å². The van der Waals surface area contributed by atoms with Crippen molar-refractivity contribution in [1.29, 1.82) is 0 Å². The van der Waals surface area contributed by atoms with Gasteiger partial charge < -0.3 is 9.30 Å². The molecule has 0 unspecified atom stereocenters. The maximum Gasteiger partial charge on any atom is 0.311 e. The van der Waals surface area contributed by atoms with Crippen LogP contribution in [0.15, 0.2) is 60.0 Å². The van der Waals surface area contributed by atoms with E-state index < -0.39 is 5.97 Å². The molecule has 2 heterocycles. The highest BCUT2D eigenvalue weighted by molar-refractivity contribution is 7.14. The van der Waals surface area contributed by atoms with Crippen LogP contribution < -0.4 is 5.32 Å². The molecule has 6 nitrogen and oxygen atoms in total. The Bertz CT molecular complexity index is 1230. The van der Waals surface area contributed by atoms with Gasteiger partial charge in [0.05, 0.1) is 25.8 Å². The Morgan fingerprint density at radius 1 is 1.17 bits per heavy atom. The number of hydrogen-bond acceptors (Lipinski definition) is 5. The van der Waals surface area contributed by atoms with Gasteiger partial charge in [-0.25, -0.2) is 9.37 Å². The molecule has 1 N–H and O–H groups in total. The molecule has 0 radical (unpaired) electrons. The lowest BCUT2D eigenvalue weighted by Crippen LogP contribution is -2.18. The predicted molar refractivity (Wildman–Crippen MR) is 113 cm³/mol. The highest BCUT2D eigenvalue weighted by Gasteiger charge is 2.18. The fraction of sp³-hybridized carbons (Fsp3) is 0.136. The molecule has 4 aromatic rings. The summed E-state index contributed by atoms with van der Waals surface area (Å²) in [7, 11) is 1.31. The van der Waals surface area contributed by atoms with Crippen molar-refractivity contribution in [2.24, 2.45) is 0 Å². The molecule has 4 rings (SSSR count). The topological polar surface area (TPSA) is 73.2 Å². The van der Waals surface area contributed by atoms with E-state index in [0.29, 0.717) is 22.1 Å². The fourth-order valence-electron chi connectivity index (χ4n) is 3.19. The summed E-state index contributed by atoms with van der Waals surface area (Å²) in [5, 5.41) is 5.72. The lowest BCUT2D eigenvalue weighted by molar-refractivity contribution is -0.139. The van der Waals surface area contributed by atoms with Gasteiger partial charge in [-0.15, -0.1) is 11.3 Å². The number of nitrogens with one attached hydrogen (secondary N) is 1. The van der Waals surface area contributed by atoms with Crippen molar-refractivity contribution in [2.75, 3.05) is 12.4 Å².